The molecule has 2 saturated heterocycles. The molecule has 2 atom stereocenters. The topological polar surface area (TPSA) is 203 Å². The van der Waals surface area contributed by atoms with E-state index in [1.807, 2.05) is 11.8 Å². The molecule has 5 rings (SSSR count). The number of amides is 3. The minimum Gasteiger partial charge on any atom is -0.373 e. The monoisotopic (exact) mass is 735 g/mol. The van der Waals surface area contributed by atoms with Crippen molar-refractivity contribution in [2.75, 3.05) is 44.7 Å². The number of anilines is 1. The lowest BCUT2D eigenvalue weighted by molar-refractivity contribution is -0.146. The van der Waals surface area contributed by atoms with Gasteiger partial charge in [-0.2, -0.15) is 13.5 Å². The van der Waals surface area contributed by atoms with Crippen molar-refractivity contribution in [3.05, 3.63) is 89.1 Å². The number of carbonyl (C=O) groups excluding carboxylic acids is 3. The average Bonchev–Trinajstić information content (AvgIpc) is 3.14. The Hall–Kier alpha value is -4.74. The highest BCUT2D eigenvalue weighted by Gasteiger charge is 2.38. The molecule has 2 aliphatic rings. The number of hydrogen-bond donors (Lipinski definition) is 5. The van der Waals surface area contributed by atoms with Crippen LogP contribution in [0.2, 0.25) is 0 Å². The molecular weight excluding hydrogens is 691 g/mol. The summed E-state index contributed by atoms with van der Waals surface area (Å²) in [4.78, 5) is 46.8. The molecule has 15 nitrogen and oxygen atoms in total. The van der Waals surface area contributed by atoms with Crippen LogP contribution in [-0.2, 0) is 31.1 Å². The van der Waals surface area contributed by atoms with Gasteiger partial charge in [-0.1, -0.05) is 48.0 Å². The summed E-state index contributed by atoms with van der Waals surface area (Å²) in [5.41, 5.74) is 7.60. The predicted molar refractivity (Wildman–Crippen MR) is 192 cm³/mol. The van der Waals surface area contributed by atoms with Gasteiger partial charge >= 0.3 is 0 Å². The number of pyridine rings is 1. The number of benzene rings is 2. The zero-order valence-electron chi connectivity index (χ0n) is 29.0. The molecule has 52 heavy (non-hydrogen) atoms. The summed E-state index contributed by atoms with van der Waals surface area (Å²) in [5, 5.41) is 16.2. The first-order valence-electron chi connectivity index (χ1n) is 17.2. The van der Waals surface area contributed by atoms with Gasteiger partial charge in [-0.3, -0.25) is 24.4 Å². The Labute approximate surface area is 303 Å². The maximum Gasteiger partial charge on any atom is 0.295 e. The van der Waals surface area contributed by atoms with Gasteiger partial charge in [0.15, 0.2) is 0 Å². The number of hydrogen-bond acceptors (Lipinski definition) is 11. The summed E-state index contributed by atoms with van der Waals surface area (Å²) in [7, 11) is -4.42. The summed E-state index contributed by atoms with van der Waals surface area (Å²) in [6.07, 6.45) is 4.70. The highest BCUT2D eigenvalue weighted by Crippen LogP contribution is 2.28. The molecule has 0 unspecified atom stereocenters. The van der Waals surface area contributed by atoms with E-state index in [1.54, 1.807) is 11.0 Å². The molecule has 0 radical (unpaired) electrons. The van der Waals surface area contributed by atoms with Crippen molar-refractivity contribution in [1.29, 1.82) is 0 Å². The molecule has 0 aliphatic carbocycles. The smallest absolute Gasteiger partial charge is 0.295 e. The minimum atomic E-state index is -4.42. The van der Waals surface area contributed by atoms with E-state index in [9.17, 15) is 32.6 Å². The molecule has 16 heteroatoms. The number of carbonyl (C=O) groups is 3. The van der Waals surface area contributed by atoms with Crippen molar-refractivity contribution in [2.24, 2.45) is 16.9 Å². The first-order chi connectivity index (χ1) is 25.0. The van der Waals surface area contributed by atoms with Crippen LogP contribution >= 0.6 is 0 Å². The van der Waals surface area contributed by atoms with Gasteiger partial charge in [0.2, 0.25) is 11.8 Å². The van der Waals surface area contributed by atoms with E-state index < -0.39 is 16.0 Å². The fourth-order valence-corrected chi connectivity index (χ4v) is 7.08. The Balaban J connectivity index is 1.03. The largest absolute Gasteiger partial charge is 0.373 e. The van der Waals surface area contributed by atoms with E-state index in [0.29, 0.717) is 39.2 Å². The predicted octanol–water partition coefficient (Wildman–Crippen LogP) is 2.85. The number of aryl methyl sites for hydroxylation is 1. The number of hydroxylamine groups is 1. The Morgan fingerprint density at radius 2 is 1.73 bits per heavy atom. The molecule has 0 saturated carbocycles. The van der Waals surface area contributed by atoms with Crippen LogP contribution < -0.4 is 16.2 Å². The molecule has 3 heterocycles. The van der Waals surface area contributed by atoms with Crippen molar-refractivity contribution in [1.82, 2.24) is 25.6 Å². The first-order valence-corrected chi connectivity index (χ1v) is 18.7. The lowest BCUT2D eigenvalue weighted by Crippen LogP contribution is -2.53. The fraction of sp³-hybridized carbons (Fsp3) is 0.417. The van der Waals surface area contributed by atoms with Gasteiger partial charge in [0.1, 0.15) is 10.7 Å². The lowest BCUT2D eigenvalue weighted by atomic mass is 9.83. The van der Waals surface area contributed by atoms with Crippen molar-refractivity contribution in [2.45, 2.75) is 50.2 Å². The second kappa shape index (κ2) is 18.1. The highest BCUT2D eigenvalue weighted by molar-refractivity contribution is 7.86. The van der Waals surface area contributed by atoms with E-state index >= 15 is 0 Å². The Kier molecular flexibility index (Phi) is 13.4. The summed E-state index contributed by atoms with van der Waals surface area (Å²) in [5.74, 6) is -0.841. The third kappa shape index (κ3) is 10.6. The molecule has 3 aromatic rings. The van der Waals surface area contributed by atoms with Crippen molar-refractivity contribution >= 4 is 39.9 Å². The molecule has 2 fully saturated rings. The minimum absolute atomic E-state index is 0.0423. The van der Waals surface area contributed by atoms with Gasteiger partial charge in [-0.25, -0.2) is 10.5 Å². The SMILES string of the molecule is Cc1ccc(COC2CCN(C(=O)[C@H]3CCN(C(=O)CCNC(=O)c4ccc(N/N=C\c5ccccc5S(=O)(=O)O)nc4)C[C@@H]3CNO)CC2)cc1. The summed E-state index contributed by atoms with van der Waals surface area (Å²) < 4.78 is 38.5. The maximum atomic E-state index is 13.6. The third-order valence-electron chi connectivity index (χ3n) is 9.35. The van der Waals surface area contributed by atoms with Gasteiger partial charge < -0.3 is 25.1 Å². The summed E-state index contributed by atoms with van der Waals surface area (Å²) in [6, 6.07) is 17.1. The number of aromatic nitrogens is 1. The van der Waals surface area contributed by atoms with Gasteiger partial charge in [-0.15, -0.1) is 0 Å². The van der Waals surface area contributed by atoms with Crippen LogP contribution in [0, 0.1) is 18.8 Å². The zero-order chi connectivity index (χ0) is 37.1. The highest BCUT2D eigenvalue weighted by atomic mass is 32.2. The lowest BCUT2D eigenvalue weighted by Gasteiger charge is -2.41. The number of nitrogens with zero attached hydrogens (tertiary/aromatic N) is 4. The molecule has 0 bridgehead atoms. The third-order valence-corrected chi connectivity index (χ3v) is 10.3. The van der Waals surface area contributed by atoms with Gasteiger partial charge in [0.25, 0.3) is 16.0 Å². The quantitative estimate of drug-likeness (QED) is 0.0926. The van der Waals surface area contributed by atoms with Crippen molar-refractivity contribution in [3.8, 4) is 0 Å². The fourth-order valence-electron chi connectivity index (χ4n) is 6.41. The number of nitrogens with one attached hydrogen (secondary N) is 3. The van der Waals surface area contributed by atoms with Crippen LogP contribution in [0.4, 0.5) is 5.82 Å². The summed E-state index contributed by atoms with van der Waals surface area (Å²) in [6.45, 7) is 4.79. The summed E-state index contributed by atoms with van der Waals surface area (Å²) >= 11 is 0. The molecular formula is C36H45N7O8S. The Morgan fingerprint density at radius 1 is 1.00 bits per heavy atom. The normalized spacial score (nSPS) is 18.4. The Morgan fingerprint density at radius 3 is 2.42 bits per heavy atom. The van der Waals surface area contributed by atoms with Crippen molar-refractivity contribution < 1.29 is 37.3 Å². The van der Waals surface area contributed by atoms with E-state index in [4.69, 9.17) is 4.74 Å². The molecule has 2 aliphatic heterocycles. The zero-order valence-corrected chi connectivity index (χ0v) is 29.8. The molecule has 1 aromatic heterocycles. The molecule has 3 amide bonds. The van der Waals surface area contributed by atoms with Gasteiger partial charge in [-0.05, 0) is 49.9 Å². The molecule has 5 N–H and O–H groups in total. The van der Waals surface area contributed by atoms with Crippen LogP contribution in [0.25, 0.3) is 0 Å². The number of likely N-dealkylation sites (tertiary alicyclic amines) is 2. The van der Waals surface area contributed by atoms with Crippen LogP contribution in [0.15, 0.2) is 76.9 Å². The Bertz CT molecular complexity index is 1810. The van der Waals surface area contributed by atoms with E-state index in [1.165, 1.54) is 48.3 Å². The molecule has 278 valence electrons. The second-order valence-corrected chi connectivity index (χ2v) is 14.4. The number of ether oxygens (including phenoxy) is 1. The molecule has 2 aromatic carbocycles. The van der Waals surface area contributed by atoms with Crippen LogP contribution in [-0.4, -0.2) is 102 Å². The number of piperidine rings is 2. The van der Waals surface area contributed by atoms with Crippen LogP contribution in [0.3, 0.4) is 0 Å². The first kappa shape index (κ1) is 38.5. The average molecular weight is 736 g/mol. The van der Waals surface area contributed by atoms with Gasteiger partial charge in [0, 0.05) is 69.3 Å². The number of hydrazone groups is 1. The standard InChI is InChI=1S/C36H45N7O8S/c1-25-6-8-26(9-7-25)24-51-30-13-17-42(18-14-30)36(46)31-15-19-43(23-29(31)22-40-47)34(44)12-16-37-35(45)28-10-11-33(38-20-28)41-39-21-27-4-2-3-5-32(27)52(48,49)50/h2-11,20-21,29-31,40,47H,12-19,22-24H2,1H3,(H,37,45)(H,38,41)(H,48,49,50)/b39-21-/t29-,31-/m0/s1. The number of rotatable bonds is 14. The second-order valence-electron chi connectivity index (χ2n) is 13.0. The van der Waals surface area contributed by atoms with Crippen LogP contribution in [0.1, 0.15) is 52.7 Å². The van der Waals surface area contributed by atoms with Crippen LogP contribution in [0.5, 0.6) is 0 Å². The van der Waals surface area contributed by atoms with E-state index in [2.05, 4.69) is 50.6 Å². The molecule has 0 spiro atoms. The van der Waals surface area contributed by atoms with E-state index in [-0.39, 0.29) is 71.1 Å². The maximum absolute atomic E-state index is 13.6. The van der Waals surface area contributed by atoms with E-state index in [0.717, 1.165) is 18.4 Å². The van der Waals surface area contributed by atoms with Crippen molar-refractivity contribution in [3.63, 3.8) is 0 Å². The van der Waals surface area contributed by atoms with Gasteiger partial charge in [0.05, 0.1) is 24.5 Å².